The van der Waals surface area contributed by atoms with Crippen molar-refractivity contribution < 1.29 is 18.0 Å². The smallest absolute Gasteiger partial charge is 0.356 e. The summed E-state index contributed by atoms with van der Waals surface area (Å²) in [6.07, 6.45) is -4.53. The lowest BCUT2D eigenvalue weighted by atomic mass is 10.1. The van der Waals surface area contributed by atoms with Crippen molar-refractivity contribution in [3.05, 3.63) is 42.0 Å². The molecule has 10 heteroatoms. The van der Waals surface area contributed by atoms with Crippen molar-refractivity contribution >= 4 is 23.4 Å². The average Bonchev–Trinajstić information content (AvgIpc) is 2.75. The van der Waals surface area contributed by atoms with Crippen molar-refractivity contribution in [1.82, 2.24) is 15.1 Å². The maximum Gasteiger partial charge on any atom is 0.418 e. The van der Waals surface area contributed by atoms with E-state index in [9.17, 15) is 18.0 Å². The van der Waals surface area contributed by atoms with E-state index >= 15 is 0 Å². The molecule has 1 saturated heterocycles. The molecule has 2 aromatic rings. The largest absolute Gasteiger partial charge is 0.418 e. The Bertz CT molecular complexity index is 846. The van der Waals surface area contributed by atoms with Crippen molar-refractivity contribution in [3.63, 3.8) is 0 Å². The zero-order chi connectivity index (χ0) is 21.7. The first-order chi connectivity index (χ1) is 14.3. The number of rotatable bonds is 5. The van der Waals surface area contributed by atoms with Gasteiger partial charge in [-0.25, -0.2) is 4.79 Å². The van der Waals surface area contributed by atoms with Gasteiger partial charge in [0.2, 0.25) is 0 Å². The van der Waals surface area contributed by atoms with Gasteiger partial charge in [-0.1, -0.05) is 12.1 Å². The number of nitrogens with one attached hydrogen (secondary N) is 1. The summed E-state index contributed by atoms with van der Waals surface area (Å²) in [6, 6.07) is 8.23. The van der Waals surface area contributed by atoms with Gasteiger partial charge in [0, 0.05) is 39.3 Å². The molecule has 1 aromatic carbocycles. The van der Waals surface area contributed by atoms with Crippen LogP contribution in [0.5, 0.6) is 0 Å². The molecular formula is C20H25F3N6O. The monoisotopic (exact) mass is 422 g/mol. The second-order valence-corrected chi connectivity index (χ2v) is 6.87. The number of anilines is 3. The number of aromatic nitrogens is 2. The predicted molar refractivity (Wildman–Crippen MR) is 110 cm³/mol. The number of piperazine rings is 1. The normalized spacial score (nSPS) is 14.6. The third-order valence-corrected chi connectivity index (χ3v) is 5.09. The topological polar surface area (TPSA) is 64.6 Å². The van der Waals surface area contributed by atoms with Crippen LogP contribution in [0.3, 0.4) is 0 Å². The molecule has 1 aliphatic rings. The van der Waals surface area contributed by atoms with Gasteiger partial charge in [-0.3, -0.25) is 0 Å². The number of amides is 2. The Balaban J connectivity index is 1.59. The Morgan fingerprint density at radius 2 is 1.70 bits per heavy atom. The van der Waals surface area contributed by atoms with Crippen LogP contribution in [0.2, 0.25) is 0 Å². The minimum absolute atomic E-state index is 0.240. The zero-order valence-corrected chi connectivity index (χ0v) is 17.0. The number of nitrogens with zero attached hydrogens (tertiary/aromatic N) is 5. The van der Waals surface area contributed by atoms with Crippen LogP contribution in [-0.2, 0) is 6.18 Å². The van der Waals surface area contributed by atoms with Gasteiger partial charge in [0.05, 0.1) is 11.3 Å². The Kier molecular flexibility index (Phi) is 6.63. The van der Waals surface area contributed by atoms with E-state index in [-0.39, 0.29) is 5.69 Å². The number of hydrogen-bond donors (Lipinski definition) is 1. The van der Waals surface area contributed by atoms with Crippen LogP contribution in [0.4, 0.5) is 35.3 Å². The first-order valence-electron chi connectivity index (χ1n) is 9.89. The summed E-state index contributed by atoms with van der Waals surface area (Å²) in [6.45, 7) is 7.58. The molecule has 7 nitrogen and oxygen atoms in total. The molecule has 0 bridgehead atoms. The number of hydrogen-bond acceptors (Lipinski definition) is 5. The van der Waals surface area contributed by atoms with Crippen LogP contribution in [-0.4, -0.2) is 60.4 Å². The molecule has 0 unspecified atom stereocenters. The van der Waals surface area contributed by atoms with E-state index in [1.165, 1.54) is 23.1 Å². The van der Waals surface area contributed by atoms with Gasteiger partial charge >= 0.3 is 12.2 Å². The van der Waals surface area contributed by atoms with Crippen molar-refractivity contribution in [1.29, 1.82) is 0 Å². The fourth-order valence-electron chi connectivity index (χ4n) is 3.38. The second kappa shape index (κ2) is 9.19. The summed E-state index contributed by atoms with van der Waals surface area (Å²) in [5, 5.41) is 10.9. The molecule has 2 amide bonds. The molecule has 0 radical (unpaired) electrons. The van der Waals surface area contributed by atoms with Crippen molar-refractivity contribution in [2.75, 3.05) is 54.4 Å². The van der Waals surface area contributed by atoms with Crippen LogP contribution < -0.4 is 15.1 Å². The van der Waals surface area contributed by atoms with Crippen LogP contribution in [0.25, 0.3) is 0 Å². The molecule has 0 aliphatic carbocycles. The highest BCUT2D eigenvalue weighted by molar-refractivity contribution is 5.90. The Morgan fingerprint density at radius 3 is 2.27 bits per heavy atom. The summed E-state index contributed by atoms with van der Waals surface area (Å²) >= 11 is 0. The lowest BCUT2D eigenvalue weighted by molar-refractivity contribution is -0.136. The van der Waals surface area contributed by atoms with E-state index in [0.717, 1.165) is 25.0 Å². The molecule has 1 aliphatic heterocycles. The van der Waals surface area contributed by atoms with Gasteiger partial charge in [-0.05, 0) is 38.1 Å². The minimum atomic E-state index is -4.53. The molecule has 1 N–H and O–H groups in total. The molecule has 0 saturated carbocycles. The van der Waals surface area contributed by atoms with Crippen molar-refractivity contribution in [2.45, 2.75) is 20.0 Å². The number of urea groups is 1. The molecule has 3 rings (SSSR count). The van der Waals surface area contributed by atoms with E-state index in [2.05, 4.69) is 34.3 Å². The molecule has 2 heterocycles. The zero-order valence-electron chi connectivity index (χ0n) is 17.0. The van der Waals surface area contributed by atoms with E-state index in [1.54, 1.807) is 0 Å². The molecule has 162 valence electrons. The maximum atomic E-state index is 13.1. The SMILES string of the molecule is CCN(CC)c1ccc(N2CCN(C(=O)Nc3ccccc3C(F)(F)F)CC2)nn1. The Morgan fingerprint density at radius 1 is 1.03 bits per heavy atom. The van der Waals surface area contributed by atoms with E-state index in [4.69, 9.17) is 0 Å². The lowest BCUT2D eigenvalue weighted by Gasteiger charge is -2.35. The summed E-state index contributed by atoms with van der Waals surface area (Å²) < 4.78 is 39.3. The fraction of sp³-hybridized carbons (Fsp3) is 0.450. The van der Waals surface area contributed by atoms with Crippen LogP contribution >= 0.6 is 0 Å². The maximum absolute atomic E-state index is 13.1. The third kappa shape index (κ3) is 4.92. The summed E-state index contributed by atoms with van der Waals surface area (Å²) in [5.74, 6) is 1.53. The van der Waals surface area contributed by atoms with E-state index < -0.39 is 17.8 Å². The van der Waals surface area contributed by atoms with Gasteiger partial charge < -0.3 is 20.0 Å². The summed E-state index contributed by atoms with van der Waals surface area (Å²) in [4.78, 5) is 18.1. The van der Waals surface area contributed by atoms with Crippen LogP contribution in [0.1, 0.15) is 19.4 Å². The fourth-order valence-corrected chi connectivity index (χ4v) is 3.38. The summed E-state index contributed by atoms with van der Waals surface area (Å²) in [5.41, 5.74) is -1.10. The number of carbonyl (C=O) groups is 1. The molecule has 1 fully saturated rings. The molecule has 0 atom stereocenters. The third-order valence-electron chi connectivity index (χ3n) is 5.09. The number of halogens is 3. The molecule has 30 heavy (non-hydrogen) atoms. The highest BCUT2D eigenvalue weighted by Gasteiger charge is 2.34. The lowest BCUT2D eigenvalue weighted by Crippen LogP contribution is -2.50. The van der Waals surface area contributed by atoms with Gasteiger partial charge in [0.25, 0.3) is 0 Å². The van der Waals surface area contributed by atoms with Gasteiger partial charge in [-0.2, -0.15) is 13.2 Å². The minimum Gasteiger partial charge on any atom is -0.356 e. The molecule has 0 spiro atoms. The van der Waals surface area contributed by atoms with Gasteiger partial charge in [0.15, 0.2) is 11.6 Å². The molecule has 1 aromatic heterocycles. The van der Waals surface area contributed by atoms with Gasteiger partial charge in [0.1, 0.15) is 0 Å². The standard InChI is InChI=1S/C20H25F3N6O/c1-3-27(4-2)17-9-10-18(26-25-17)28-11-13-29(14-12-28)19(30)24-16-8-6-5-7-15(16)20(21,22)23/h5-10H,3-4,11-14H2,1-2H3,(H,24,30). The number of para-hydroxylation sites is 1. The summed E-state index contributed by atoms with van der Waals surface area (Å²) in [7, 11) is 0. The number of alkyl halides is 3. The van der Waals surface area contributed by atoms with Crippen molar-refractivity contribution in [3.8, 4) is 0 Å². The molecular weight excluding hydrogens is 397 g/mol. The van der Waals surface area contributed by atoms with Crippen LogP contribution in [0.15, 0.2) is 36.4 Å². The first kappa shape index (κ1) is 21.7. The second-order valence-electron chi connectivity index (χ2n) is 6.87. The number of benzene rings is 1. The first-order valence-corrected chi connectivity index (χ1v) is 9.89. The average molecular weight is 422 g/mol. The highest BCUT2D eigenvalue weighted by Crippen LogP contribution is 2.34. The number of carbonyl (C=O) groups excluding carboxylic acids is 1. The predicted octanol–water partition coefficient (Wildman–Crippen LogP) is 3.70. The van der Waals surface area contributed by atoms with Crippen molar-refractivity contribution in [2.24, 2.45) is 0 Å². The Labute approximate surface area is 173 Å². The Hall–Kier alpha value is -3.04. The van der Waals surface area contributed by atoms with E-state index in [0.29, 0.717) is 32.0 Å². The van der Waals surface area contributed by atoms with E-state index in [1.807, 2.05) is 17.0 Å². The highest BCUT2D eigenvalue weighted by atomic mass is 19.4. The quantitative estimate of drug-likeness (QED) is 0.796. The van der Waals surface area contributed by atoms with Gasteiger partial charge in [-0.15, -0.1) is 10.2 Å². The van der Waals surface area contributed by atoms with Crippen LogP contribution in [0, 0.1) is 0 Å².